The number of furan rings is 1. The lowest BCUT2D eigenvalue weighted by Gasteiger charge is -2.26. The maximum Gasteiger partial charge on any atom is 0.136 e. The Morgan fingerprint density at radius 1 is 0.400 bits per heavy atom. The van der Waals surface area contributed by atoms with Crippen molar-refractivity contribution < 1.29 is 4.42 Å². The van der Waals surface area contributed by atoms with Gasteiger partial charge < -0.3 is 9.32 Å². The molecule has 258 valence electrons. The normalized spacial score (nSPS) is 11.6. The maximum atomic E-state index is 6.64. The van der Waals surface area contributed by atoms with E-state index in [-0.39, 0.29) is 0 Å². The minimum Gasteiger partial charge on any atom is -0.456 e. The Balaban J connectivity index is 1.05. The molecule has 0 N–H and O–H groups in total. The molecule has 0 unspecified atom stereocenters. The summed E-state index contributed by atoms with van der Waals surface area (Å²) in [5.41, 5.74) is 11.9. The highest BCUT2D eigenvalue weighted by Crippen LogP contribution is 2.45. The lowest BCUT2D eigenvalue weighted by molar-refractivity contribution is 0.669. The van der Waals surface area contributed by atoms with Crippen LogP contribution in [-0.4, -0.2) is 4.98 Å². The molecule has 4 heteroatoms. The first-order valence-corrected chi connectivity index (χ1v) is 19.3. The van der Waals surface area contributed by atoms with Gasteiger partial charge in [-0.3, -0.25) is 4.98 Å². The van der Waals surface area contributed by atoms with Crippen LogP contribution < -0.4 is 4.90 Å². The molecule has 11 rings (SSSR count). The van der Waals surface area contributed by atoms with Crippen molar-refractivity contribution in [3.63, 3.8) is 0 Å². The first kappa shape index (κ1) is 31.5. The third-order valence-electron chi connectivity index (χ3n) is 10.8. The SMILES string of the molecule is c1ccc(-c2ccc(N(c3ccc(-c4cc5oc6cccc(-c7cccnc7)c6c5c5ccccc45)cc3)c3ccc4sc5ccccc5c4c3)cc2)cc1. The van der Waals surface area contributed by atoms with Gasteiger partial charge in [-0.25, -0.2) is 0 Å². The molecule has 0 saturated heterocycles. The number of hydrogen-bond donors (Lipinski definition) is 0. The molecular weight excluding hydrogens is 689 g/mol. The van der Waals surface area contributed by atoms with Crippen LogP contribution in [-0.2, 0) is 0 Å². The quantitative estimate of drug-likeness (QED) is 0.171. The Bertz CT molecular complexity index is 3180. The Kier molecular flexibility index (Phi) is 7.35. The number of rotatable bonds is 6. The molecule has 55 heavy (non-hydrogen) atoms. The molecule has 0 radical (unpaired) electrons. The summed E-state index contributed by atoms with van der Waals surface area (Å²) in [5.74, 6) is 0. The molecule has 0 bridgehead atoms. The van der Waals surface area contributed by atoms with Gasteiger partial charge in [0.2, 0.25) is 0 Å². The summed E-state index contributed by atoms with van der Waals surface area (Å²) >= 11 is 1.85. The predicted molar refractivity (Wildman–Crippen MR) is 233 cm³/mol. The highest BCUT2D eigenvalue weighted by Gasteiger charge is 2.19. The number of thiophene rings is 1. The molecule has 11 aromatic rings. The van der Waals surface area contributed by atoms with Gasteiger partial charge in [-0.05, 0) is 105 Å². The van der Waals surface area contributed by atoms with Gasteiger partial charge in [0, 0.05) is 66.0 Å². The maximum absolute atomic E-state index is 6.64. The van der Waals surface area contributed by atoms with E-state index in [0.717, 1.165) is 61.3 Å². The summed E-state index contributed by atoms with van der Waals surface area (Å²) in [7, 11) is 0. The van der Waals surface area contributed by atoms with Gasteiger partial charge in [0.15, 0.2) is 0 Å². The van der Waals surface area contributed by atoms with Crippen LogP contribution in [0.15, 0.2) is 199 Å². The van der Waals surface area contributed by atoms with Crippen molar-refractivity contribution in [2.45, 2.75) is 0 Å². The van der Waals surface area contributed by atoms with E-state index in [2.05, 4.69) is 186 Å². The van der Waals surface area contributed by atoms with E-state index in [0.29, 0.717) is 0 Å². The van der Waals surface area contributed by atoms with E-state index in [9.17, 15) is 0 Å². The largest absolute Gasteiger partial charge is 0.456 e. The number of fused-ring (bicyclic) bond motifs is 8. The lowest BCUT2D eigenvalue weighted by Crippen LogP contribution is -2.09. The van der Waals surface area contributed by atoms with Gasteiger partial charge in [0.1, 0.15) is 11.2 Å². The fraction of sp³-hybridized carbons (Fsp3) is 0. The minimum atomic E-state index is 0.873. The second kappa shape index (κ2) is 12.8. The second-order valence-corrected chi connectivity index (χ2v) is 15.0. The minimum absolute atomic E-state index is 0.873. The molecule has 3 aromatic heterocycles. The van der Waals surface area contributed by atoms with Crippen LogP contribution in [0.5, 0.6) is 0 Å². The zero-order chi connectivity index (χ0) is 36.3. The predicted octanol–water partition coefficient (Wildman–Crippen LogP) is 15.0. The van der Waals surface area contributed by atoms with Crippen LogP contribution in [0.2, 0.25) is 0 Å². The standard InChI is InChI=1S/C51H32N2OS/c1-2-10-33(11-3-1)34-19-23-37(24-20-34)53(39-27-28-49-45(30-39)42-14-6-7-18-48(42)55-49)38-25-21-35(22-26-38)44-31-47-51(43-15-5-4-13-41(43)44)50-40(16-8-17-46(50)54-47)36-12-9-29-52-32-36/h1-32H. The molecule has 0 spiro atoms. The number of hydrogen-bond acceptors (Lipinski definition) is 4. The highest BCUT2D eigenvalue weighted by molar-refractivity contribution is 7.25. The van der Waals surface area contributed by atoms with E-state index in [1.54, 1.807) is 0 Å². The topological polar surface area (TPSA) is 29.3 Å². The number of benzene rings is 8. The van der Waals surface area contributed by atoms with E-state index in [4.69, 9.17) is 4.42 Å². The van der Waals surface area contributed by atoms with E-state index in [1.165, 1.54) is 42.1 Å². The Hall–Kier alpha value is -7.01. The molecule has 0 amide bonds. The van der Waals surface area contributed by atoms with Crippen molar-refractivity contribution in [1.82, 2.24) is 4.98 Å². The zero-order valence-corrected chi connectivity index (χ0v) is 30.5. The first-order valence-electron chi connectivity index (χ1n) is 18.5. The summed E-state index contributed by atoms with van der Waals surface area (Å²) in [4.78, 5) is 6.78. The van der Waals surface area contributed by atoms with Crippen LogP contribution in [0, 0.1) is 0 Å². The van der Waals surface area contributed by atoms with Crippen LogP contribution in [0.3, 0.4) is 0 Å². The van der Waals surface area contributed by atoms with Gasteiger partial charge in [-0.2, -0.15) is 0 Å². The molecule has 3 nitrogen and oxygen atoms in total. The molecule has 0 atom stereocenters. The highest BCUT2D eigenvalue weighted by atomic mass is 32.1. The van der Waals surface area contributed by atoms with Crippen molar-refractivity contribution in [3.05, 3.63) is 194 Å². The average Bonchev–Trinajstić information content (AvgIpc) is 3.83. The molecule has 0 aliphatic carbocycles. The third kappa shape index (κ3) is 5.30. The summed E-state index contributed by atoms with van der Waals surface area (Å²) in [6.07, 6.45) is 3.74. The van der Waals surface area contributed by atoms with Gasteiger partial charge >= 0.3 is 0 Å². The number of aromatic nitrogens is 1. The summed E-state index contributed by atoms with van der Waals surface area (Å²) in [5, 5.41) is 7.18. The van der Waals surface area contributed by atoms with Crippen LogP contribution >= 0.6 is 11.3 Å². The summed E-state index contributed by atoms with van der Waals surface area (Å²) < 4.78 is 9.23. The van der Waals surface area contributed by atoms with Crippen molar-refractivity contribution in [2.75, 3.05) is 4.90 Å². The van der Waals surface area contributed by atoms with Crippen molar-refractivity contribution in [3.8, 4) is 33.4 Å². The van der Waals surface area contributed by atoms with Crippen molar-refractivity contribution >= 4 is 81.3 Å². The smallest absolute Gasteiger partial charge is 0.136 e. The fourth-order valence-electron chi connectivity index (χ4n) is 8.21. The lowest BCUT2D eigenvalue weighted by atomic mass is 9.93. The second-order valence-electron chi connectivity index (χ2n) is 13.9. The molecule has 3 heterocycles. The molecule has 8 aromatic carbocycles. The van der Waals surface area contributed by atoms with Gasteiger partial charge in [0.25, 0.3) is 0 Å². The monoisotopic (exact) mass is 720 g/mol. The van der Waals surface area contributed by atoms with Crippen LogP contribution in [0.25, 0.3) is 86.3 Å². The molecule has 0 aliphatic rings. The number of pyridine rings is 1. The zero-order valence-electron chi connectivity index (χ0n) is 29.7. The van der Waals surface area contributed by atoms with E-state index in [1.807, 2.05) is 29.8 Å². The molecule has 0 fully saturated rings. The third-order valence-corrected chi connectivity index (χ3v) is 11.9. The molecule has 0 aliphatic heterocycles. The Labute approximate surface area is 322 Å². The van der Waals surface area contributed by atoms with Gasteiger partial charge in [0.05, 0.1) is 0 Å². The Morgan fingerprint density at radius 3 is 1.84 bits per heavy atom. The van der Waals surface area contributed by atoms with Crippen LogP contribution in [0.1, 0.15) is 0 Å². The van der Waals surface area contributed by atoms with E-state index >= 15 is 0 Å². The molecule has 0 saturated carbocycles. The molecular formula is C51H32N2OS. The van der Waals surface area contributed by atoms with Crippen molar-refractivity contribution in [2.24, 2.45) is 0 Å². The Morgan fingerprint density at radius 2 is 1.05 bits per heavy atom. The average molecular weight is 721 g/mol. The van der Waals surface area contributed by atoms with Gasteiger partial charge in [-0.15, -0.1) is 11.3 Å². The van der Waals surface area contributed by atoms with E-state index < -0.39 is 0 Å². The number of anilines is 3. The fourth-order valence-corrected chi connectivity index (χ4v) is 9.29. The van der Waals surface area contributed by atoms with Gasteiger partial charge in [-0.1, -0.05) is 115 Å². The first-order chi connectivity index (χ1) is 27.3. The van der Waals surface area contributed by atoms with Crippen LogP contribution in [0.4, 0.5) is 17.1 Å². The van der Waals surface area contributed by atoms with Crippen molar-refractivity contribution in [1.29, 1.82) is 0 Å². The summed E-state index contributed by atoms with van der Waals surface area (Å²) in [6.45, 7) is 0. The summed E-state index contributed by atoms with van der Waals surface area (Å²) in [6, 6.07) is 65.3. The number of nitrogens with zero attached hydrogens (tertiary/aromatic N) is 2.